The number of rotatable bonds is 4. The molecule has 0 unspecified atom stereocenters. The van der Waals surface area contributed by atoms with Crippen molar-refractivity contribution < 1.29 is 27.1 Å². The lowest BCUT2D eigenvalue weighted by molar-refractivity contribution is -0.120. The van der Waals surface area contributed by atoms with Crippen LogP contribution >= 0.6 is 0 Å². The van der Waals surface area contributed by atoms with Crippen LogP contribution in [0, 0.1) is 11.7 Å². The summed E-state index contributed by atoms with van der Waals surface area (Å²) >= 11 is 0. The summed E-state index contributed by atoms with van der Waals surface area (Å²) in [7, 11) is -3.79. The Hall–Kier alpha value is -2.65. The summed E-state index contributed by atoms with van der Waals surface area (Å²) in [6, 6.07) is 10.1. The molecule has 1 amide bonds. The van der Waals surface area contributed by atoms with Crippen LogP contribution in [0.1, 0.15) is 38.5 Å². The molecule has 1 atom stereocenters. The Morgan fingerprint density at radius 2 is 1.75 bits per heavy atom. The van der Waals surface area contributed by atoms with E-state index in [1.807, 2.05) is 0 Å². The molecule has 9 heteroatoms. The minimum absolute atomic E-state index is 0.0246. The first kappa shape index (κ1) is 21.2. The summed E-state index contributed by atoms with van der Waals surface area (Å²) < 4.78 is 52.4. The molecule has 2 aromatic carbocycles. The Morgan fingerprint density at radius 3 is 2.50 bits per heavy atom. The van der Waals surface area contributed by atoms with Crippen molar-refractivity contribution in [1.82, 2.24) is 4.31 Å². The molecule has 0 aromatic heterocycles. The number of halogens is 1. The van der Waals surface area contributed by atoms with E-state index in [-0.39, 0.29) is 17.3 Å². The van der Waals surface area contributed by atoms with Gasteiger partial charge in [0.05, 0.1) is 10.8 Å². The third-order valence-corrected chi connectivity index (χ3v) is 8.25. The second-order valence-corrected chi connectivity index (χ2v) is 10.6. The standard InChI is InChI=1S/C23H25FN2O5S/c24-17-5-8-19(9-6-17)32(28,29)26-13-3-4-16(15-26)22(27)25-18-7-10-20-21(14-18)31-23(30-20)11-1-2-12-23/h5-10,14,16H,1-4,11-13,15H2,(H,25,27)/t16-/m0/s1. The fourth-order valence-corrected chi connectivity index (χ4v) is 6.19. The summed E-state index contributed by atoms with van der Waals surface area (Å²) in [4.78, 5) is 12.9. The molecule has 2 fully saturated rings. The number of fused-ring (bicyclic) bond motifs is 1. The summed E-state index contributed by atoms with van der Waals surface area (Å²) in [5, 5.41) is 2.89. The minimum atomic E-state index is -3.79. The maximum absolute atomic E-state index is 13.2. The molecule has 0 bridgehead atoms. The van der Waals surface area contributed by atoms with Gasteiger partial charge in [-0.3, -0.25) is 4.79 Å². The summed E-state index contributed by atoms with van der Waals surface area (Å²) in [6.07, 6.45) is 5.00. The summed E-state index contributed by atoms with van der Waals surface area (Å²) in [5.74, 6) is -0.483. The molecule has 3 aliphatic rings. The first-order chi connectivity index (χ1) is 15.3. The topological polar surface area (TPSA) is 84.9 Å². The molecule has 170 valence electrons. The quantitative estimate of drug-likeness (QED) is 0.748. The Labute approximate surface area is 186 Å². The van der Waals surface area contributed by atoms with Gasteiger partial charge in [-0.1, -0.05) is 0 Å². The van der Waals surface area contributed by atoms with Gasteiger partial charge in [0, 0.05) is 37.7 Å². The lowest BCUT2D eigenvalue weighted by atomic mass is 9.98. The largest absolute Gasteiger partial charge is 0.448 e. The molecule has 1 aliphatic carbocycles. The molecule has 32 heavy (non-hydrogen) atoms. The van der Waals surface area contributed by atoms with Gasteiger partial charge >= 0.3 is 0 Å². The number of piperidine rings is 1. The van der Waals surface area contributed by atoms with Gasteiger partial charge in [-0.25, -0.2) is 12.8 Å². The third kappa shape index (κ3) is 3.95. The van der Waals surface area contributed by atoms with Crippen LogP contribution in [0.4, 0.5) is 10.1 Å². The molecule has 1 N–H and O–H groups in total. The monoisotopic (exact) mass is 460 g/mol. The maximum Gasteiger partial charge on any atom is 0.251 e. The van der Waals surface area contributed by atoms with Crippen LogP contribution in [-0.4, -0.2) is 37.5 Å². The number of carbonyl (C=O) groups is 1. The number of hydrogen-bond donors (Lipinski definition) is 1. The summed E-state index contributed by atoms with van der Waals surface area (Å²) in [5.41, 5.74) is 0.589. The average molecular weight is 461 g/mol. The Kier molecular flexibility index (Phi) is 5.33. The van der Waals surface area contributed by atoms with Crippen molar-refractivity contribution in [2.45, 2.75) is 49.2 Å². The zero-order valence-electron chi connectivity index (χ0n) is 17.6. The van der Waals surface area contributed by atoms with Crippen LogP contribution in [0.2, 0.25) is 0 Å². The van der Waals surface area contributed by atoms with Gasteiger partial charge in [0.15, 0.2) is 11.5 Å². The molecule has 2 aromatic rings. The van der Waals surface area contributed by atoms with Gasteiger partial charge in [0.2, 0.25) is 15.9 Å². The van der Waals surface area contributed by atoms with E-state index in [4.69, 9.17) is 9.47 Å². The van der Waals surface area contributed by atoms with E-state index in [1.54, 1.807) is 18.2 Å². The molecule has 1 saturated carbocycles. The number of ether oxygens (including phenoxy) is 2. The molecule has 1 spiro atoms. The molecular formula is C23H25FN2O5S. The van der Waals surface area contributed by atoms with Gasteiger partial charge in [-0.15, -0.1) is 0 Å². The van der Waals surface area contributed by atoms with E-state index in [9.17, 15) is 17.6 Å². The number of amides is 1. The van der Waals surface area contributed by atoms with Gasteiger partial charge in [-0.05, 0) is 62.1 Å². The van der Waals surface area contributed by atoms with Crippen LogP contribution in [-0.2, 0) is 14.8 Å². The van der Waals surface area contributed by atoms with Crippen molar-refractivity contribution in [3.63, 3.8) is 0 Å². The second-order valence-electron chi connectivity index (χ2n) is 8.63. The highest BCUT2D eigenvalue weighted by Gasteiger charge is 2.44. The molecular weight excluding hydrogens is 435 g/mol. The number of anilines is 1. The van der Waals surface area contributed by atoms with E-state index >= 15 is 0 Å². The predicted octanol–water partition coefficient (Wildman–Crippen LogP) is 3.91. The van der Waals surface area contributed by atoms with E-state index in [0.29, 0.717) is 36.6 Å². The van der Waals surface area contributed by atoms with Crippen molar-refractivity contribution in [2.75, 3.05) is 18.4 Å². The molecule has 7 nitrogen and oxygen atoms in total. The van der Waals surface area contributed by atoms with Gasteiger partial charge in [0.25, 0.3) is 5.79 Å². The zero-order valence-corrected chi connectivity index (χ0v) is 18.4. The van der Waals surface area contributed by atoms with Crippen molar-refractivity contribution >= 4 is 21.6 Å². The van der Waals surface area contributed by atoms with Gasteiger partial charge < -0.3 is 14.8 Å². The lowest BCUT2D eigenvalue weighted by Gasteiger charge is -2.31. The second kappa shape index (κ2) is 8.04. The molecule has 0 radical (unpaired) electrons. The van der Waals surface area contributed by atoms with E-state index in [0.717, 1.165) is 37.8 Å². The fraction of sp³-hybridized carbons (Fsp3) is 0.435. The Morgan fingerprint density at radius 1 is 1.03 bits per heavy atom. The number of nitrogens with zero attached hydrogens (tertiary/aromatic N) is 1. The highest BCUT2D eigenvalue weighted by atomic mass is 32.2. The Balaban J connectivity index is 1.26. The molecule has 1 saturated heterocycles. The predicted molar refractivity (Wildman–Crippen MR) is 115 cm³/mol. The third-order valence-electron chi connectivity index (χ3n) is 6.37. The first-order valence-corrected chi connectivity index (χ1v) is 12.4. The summed E-state index contributed by atoms with van der Waals surface area (Å²) in [6.45, 7) is 0.412. The van der Waals surface area contributed by atoms with Crippen LogP contribution < -0.4 is 14.8 Å². The minimum Gasteiger partial charge on any atom is -0.448 e. The molecule has 2 heterocycles. The van der Waals surface area contributed by atoms with Gasteiger partial charge in [-0.2, -0.15) is 4.31 Å². The Bertz CT molecular complexity index is 1130. The highest BCUT2D eigenvalue weighted by Crippen LogP contribution is 2.47. The van der Waals surface area contributed by atoms with Crippen molar-refractivity contribution in [3.05, 3.63) is 48.3 Å². The SMILES string of the molecule is O=C(Nc1ccc2c(c1)OC1(CCCC1)O2)[C@H]1CCCN(S(=O)(=O)c2ccc(F)cc2)C1. The van der Waals surface area contributed by atoms with Crippen molar-refractivity contribution in [3.8, 4) is 11.5 Å². The zero-order chi connectivity index (χ0) is 22.3. The molecule has 2 aliphatic heterocycles. The average Bonchev–Trinajstić information content (AvgIpc) is 3.39. The number of sulfonamides is 1. The normalized spacial score (nSPS) is 22.2. The van der Waals surface area contributed by atoms with E-state index < -0.39 is 27.5 Å². The van der Waals surface area contributed by atoms with Crippen LogP contribution in [0.15, 0.2) is 47.4 Å². The number of nitrogens with one attached hydrogen (secondary N) is 1. The van der Waals surface area contributed by atoms with Crippen LogP contribution in [0.5, 0.6) is 11.5 Å². The van der Waals surface area contributed by atoms with E-state index in [2.05, 4.69) is 5.32 Å². The van der Waals surface area contributed by atoms with Crippen molar-refractivity contribution in [1.29, 1.82) is 0 Å². The highest BCUT2D eigenvalue weighted by molar-refractivity contribution is 7.89. The maximum atomic E-state index is 13.2. The number of hydrogen-bond acceptors (Lipinski definition) is 5. The number of benzene rings is 2. The van der Waals surface area contributed by atoms with Crippen LogP contribution in [0.3, 0.4) is 0 Å². The fourth-order valence-electron chi connectivity index (χ4n) is 4.66. The molecule has 5 rings (SSSR count). The number of carbonyl (C=O) groups excluding carboxylic acids is 1. The first-order valence-electron chi connectivity index (χ1n) is 10.9. The van der Waals surface area contributed by atoms with Gasteiger partial charge in [0.1, 0.15) is 5.82 Å². The van der Waals surface area contributed by atoms with Crippen LogP contribution in [0.25, 0.3) is 0 Å². The van der Waals surface area contributed by atoms with Crippen molar-refractivity contribution in [2.24, 2.45) is 5.92 Å². The lowest BCUT2D eigenvalue weighted by Crippen LogP contribution is -2.43. The van der Waals surface area contributed by atoms with E-state index in [1.165, 1.54) is 16.4 Å². The smallest absolute Gasteiger partial charge is 0.251 e.